The van der Waals surface area contributed by atoms with E-state index in [0.29, 0.717) is 0 Å². The van der Waals surface area contributed by atoms with Crippen molar-refractivity contribution >= 4 is 19.5 Å². The van der Waals surface area contributed by atoms with Gasteiger partial charge in [0.25, 0.3) is 0 Å². The van der Waals surface area contributed by atoms with E-state index in [2.05, 4.69) is 10.1 Å². The van der Waals surface area contributed by atoms with Gasteiger partial charge < -0.3 is 29.6 Å². The van der Waals surface area contributed by atoms with Crippen LogP contribution in [0.5, 0.6) is 5.75 Å². The normalized spacial score (nSPS) is 24.8. The minimum absolute atomic E-state index is 0.0252. The molecule has 1 aromatic heterocycles. The molecule has 2 heterocycles. The Labute approximate surface area is 214 Å². The molecule has 37 heavy (non-hydrogen) atoms. The molecule has 0 amide bonds. The molecule has 0 radical (unpaired) electrons. The van der Waals surface area contributed by atoms with E-state index < -0.39 is 56.1 Å². The molecule has 1 fully saturated rings. The predicted octanol–water partition coefficient (Wildman–Crippen LogP) is 1.62. The van der Waals surface area contributed by atoms with Gasteiger partial charge in [-0.15, -0.1) is 0 Å². The standard InChI is InChI=1S/C23H33N4O9P/c1-13(2)33-22(29)14(3)26-37(31,36-16-9-7-6-8-10-16)35-15(4)19-18(28)20(32-5)21(34-19)27-12-11-17(24)25-23(27)30/h6-15,18-21,28H,1-5H3,(H,26,31)(H2,24,25,30)/t14-,15?,18+,19+,20+,21+,37?/m0/s1. The number of ether oxygens (including phenoxy) is 3. The lowest BCUT2D eigenvalue weighted by Crippen LogP contribution is -2.41. The Bertz CT molecular complexity index is 1160. The molecule has 13 nitrogen and oxygen atoms in total. The number of hydrogen-bond acceptors (Lipinski definition) is 11. The number of hydrogen-bond donors (Lipinski definition) is 3. The lowest BCUT2D eigenvalue weighted by atomic mass is 10.1. The third-order valence-corrected chi connectivity index (χ3v) is 7.21. The van der Waals surface area contributed by atoms with Crippen LogP contribution in [0.25, 0.3) is 0 Å². The first-order valence-electron chi connectivity index (χ1n) is 11.7. The van der Waals surface area contributed by atoms with E-state index in [4.69, 9.17) is 29.0 Å². The van der Waals surface area contributed by atoms with Gasteiger partial charge in [0.05, 0.1) is 12.2 Å². The molecule has 1 aliphatic rings. The van der Waals surface area contributed by atoms with E-state index in [1.165, 1.54) is 33.2 Å². The Morgan fingerprint density at radius 2 is 1.89 bits per heavy atom. The Morgan fingerprint density at radius 1 is 1.22 bits per heavy atom. The lowest BCUT2D eigenvalue weighted by Gasteiger charge is -2.29. The van der Waals surface area contributed by atoms with Crippen molar-refractivity contribution in [3.05, 3.63) is 53.1 Å². The smallest absolute Gasteiger partial charge is 0.459 e. The first-order chi connectivity index (χ1) is 17.4. The molecule has 1 aliphatic heterocycles. The van der Waals surface area contributed by atoms with Crippen LogP contribution in [0.15, 0.2) is 47.4 Å². The van der Waals surface area contributed by atoms with Crippen molar-refractivity contribution < 1.29 is 37.7 Å². The summed E-state index contributed by atoms with van der Waals surface area (Å²) in [5.74, 6) is -0.415. The maximum absolute atomic E-state index is 13.8. The van der Waals surface area contributed by atoms with Gasteiger partial charge in [-0.2, -0.15) is 10.1 Å². The number of nitrogens with zero attached hydrogens (tertiary/aromatic N) is 2. The fourth-order valence-electron chi connectivity index (χ4n) is 3.76. The SMILES string of the molecule is CO[C@@H]1[C@H](O)[C@@H](C(C)OP(=O)(N[C@@H](C)C(=O)OC(C)C)Oc2ccccc2)O[C@H]1n1ccc(N)nc1=O. The molecule has 1 saturated heterocycles. The number of para-hydroxylation sites is 1. The molecule has 4 N–H and O–H groups in total. The van der Waals surface area contributed by atoms with Gasteiger partial charge in [-0.25, -0.2) is 9.36 Å². The molecule has 0 aliphatic carbocycles. The molecule has 3 rings (SSSR count). The third-order valence-electron chi connectivity index (χ3n) is 5.44. The summed E-state index contributed by atoms with van der Waals surface area (Å²) >= 11 is 0. The van der Waals surface area contributed by atoms with Crippen molar-refractivity contribution in [2.75, 3.05) is 12.8 Å². The van der Waals surface area contributed by atoms with Gasteiger partial charge in [-0.1, -0.05) is 18.2 Å². The zero-order valence-corrected chi connectivity index (χ0v) is 22.1. The number of esters is 1. The van der Waals surface area contributed by atoms with Crippen LogP contribution in [-0.2, 0) is 28.1 Å². The highest BCUT2D eigenvalue weighted by Gasteiger charge is 2.50. The van der Waals surface area contributed by atoms with Gasteiger partial charge in [-0.3, -0.25) is 13.9 Å². The number of carbonyl (C=O) groups is 1. The van der Waals surface area contributed by atoms with Gasteiger partial charge in [0, 0.05) is 13.3 Å². The zero-order chi connectivity index (χ0) is 27.3. The molecular weight excluding hydrogens is 507 g/mol. The summed E-state index contributed by atoms with van der Waals surface area (Å²) in [5.41, 5.74) is 4.86. The second kappa shape index (κ2) is 12.2. The number of anilines is 1. The summed E-state index contributed by atoms with van der Waals surface area (Å²) in [7, 11) is -2.90. The molecule has 0 saturated carbocycles. The molecule has 2 unspecified atom stereocenters. The molecule has 204 valence electrons. The van der Waals surface area contributed by atoms with Crippen LogP contribution in [0.3, 0.4) is 0 Å². The Balaban J connectivity index is 1.84. The van der Waals surface area contributed by atoms with Crippen LogP contribution in [0.2, 0.25) is 0 Å². The Morgan fingerprint density at radius 3 is 2.49 bits per heavy atom. The van der Waals surface area contributed by atoms with E-state index in [1.807, 2.05) is 0 Å². The Kier molecular flexibility index (Phi) is 9.46. The summed E-state index contributed by atoms with van der Waals surface area (Å²) < 4.78 is 42.9. The van der Waals surface area contributed by atoms with Crippen LogP contribution in [-0.4, -0.2) is 64.3 Å². The van der Waals surface area contributed by atoms with Crippen molar-refractivity contribution in [1.82, 2.24) is 14.6 Å². The van der Waals surface area contributed by atoms with Gasteiger partial charge in [0.2, 0.25) is 0 Å². The molecule has 7 atom stereocenters. The first kappa shape index (κ1) is 28.8. The highest BCUT2D eigenvalue weighted by atomic mass is 31.2. The number of aliphatic hydroxyl groups is 1. The molecule has 2 aromatic rings. The summed E-state index contributed by atoms with van der Waals surface area (Å²) in [5, 5.41) is 13.5. The second-order valence-corrected chi connectivity index (χ2v) is 10.4. The molecule has 14 heteroatoms. The number of nitrogen functional groups attached to an aromatic ring is 1. The van der Waals surface area contributed by atoms with Crippen LogP contribution >= 0.6 is 7.75 Å². The topological polar surface area (TPSA) is 173 Å². The molecule has 1 aromatic carbocycles. The predicted molar refractivity (Wildman–Crippen MR) is 133 cm³/mol. The van der Waals surface area contributed by atoms with Crippen molar-refractivity contribution in [2.45, 2.75) is 70.5 Å². The average Bonchev–Trinajstić information content (AvgIpc) is 3.15. The molecular formula is C23H33N4O9P. The molecule has 0 spiro atoms. The van der Waals surface area contributed by atoms with E-state index in [0.717, 1.165) is 4.57 Å². The van der Waals surface area contributed by atoms with Gasteiger partial charge in [0.15, 0.2) is 6.23 Å². The number of methoxy groups -OCH3 is 1. The van der Waals surface area contributed by atoms with Crippen LogP contribution < -0.4 is 21.0 Å². The number of benzene rings is 1. The van der Waals surface area contributed by atoms with Gasteiger partial charge in [-0.05, 0) is 45.9 Å². The highest BCUT2D eigenvalue weighted by Crippen LogP contribution is 2.48. The van der Waals surface area contributed by atoms with E-state index >= 15 is 0 Å². The molecule has 0 bridgehead atoms. The maximum atomic E-state index is 13.8. The number of aliphatic hydroxyl groups excluding tert-OH is 1. The Hall–Kier alpha value is -2.80. The zero-order valence-electron chi connectivity index (χ0n) is 21.2. The van der Waals surface area contributed by atoms with E-state index in [9.17, 15) is 19.3 Å². The number of rotatable bonds is 11. The third kappa shape index (κ3) is 7.16. The lowest BCUT2D eigenvalue weighted by molar-refractivity contribution is -0.149. The largest absolute Gasteiger partial charge is 0.462 e. The van der Waals surface area contributed by atoms with E-state index in [-0.39, 0.29) is 17.7 Å². The summed E-state index contributed by atoms with van der Waals surface area (Å²) in [6, 6.07) is 8.58. The number of carbonyl (C=O) groups excluding carboxylic acids is 1. The average molecular weight is 541 g/mol. The van der Waals surface area contributed by atoms with Gasteiger partial charge >= 0.3 is 19.4 Å². The summed E-state index contributed by atoms with van der Waals surface area (Å²) in [4.78, 5) is 28.4. The minimum atomic E-state index is -4.25. The van der Waals surface area contributed by atoms with Crippen molar-refractivity contribution in [2.24, 2.45) is 0 Å². The number of nitrogens with two attached hydrogens (primary N) is 1. The van der Waals surface area contributed by atoms with Crippen LogP contribution in [0.4, 0.5) is 5.82 Å². The fourth-order valence-corrected chi connectivity index (χ4v) is 5.46. The maximum Gasteiger partial charge on any atom is 0.459 e. The number of nitrogens with one attached hydrogen (secondary N) is 1. The van der Waals surface area contributed by atoms with Crippen molar-refractivity contribution in [3.8, 4) is 5.75 Å². The summed E-state index contributed by atoms with van der Waals surface area (Å²) in [6.45, 7) is 6.34. The van der Waals surface area contributed by atoms with Crippen LogP contribution in [0.1, 0.15) is 33.9 Å². The highest BCUT2D eigenvalue weighted by molar-refractivity contribution is 7.52. The van der Waals surface area contributed by atoms with Crippen molar-refractivity contribution in [1.29, 1.82) is 0 Å². The van der Waals surface area contributed by atoms with Crippen molar-refractivity contribution in [3.63, 3.8) is 0 Å². The number of aromatic nitrogens is 2. The first-order valence-corrected chi connectivity index (χ1v) is 13.2. The minimum Gasteiger partial charge on any atom is -0.462 e. The fraction of sp³-hybridized carbons (Fsp3) is 0.522. The quantitative estimate of drug-likeness (QED) is 0.278. The summed E-state index contributed by atoms with van der Waals surface area (Å²) in [6.07, 6.45) is -4.53. The van der Waals surface area contributed by atoms with Gasteiger partial charge in [0.1, 0.15) is 35.9 Å². The second-order valence-electron chi connectivity index (χ2n) is 8.77. The van der Waals surface area contributed by atoms with E-state index in [1.54, 1.807) is 44.2 Å². The monoisotopic (exact) mass is 540 g/mol. The van der Waals surface area contributed by atoms with Crippen LogP contribution in [0, 0.1) is 0 Å².